The van der Waals surface area contributed by atoms with Crippen LogP contribution in [0.5, 0.6) is 0 Å². The summed E-state index contributed by atoms with van der Waals surface area (Å²) >= 11 is 0. The molecule has 2 amide bonds. The highest BCUT2D eigenvalue weighted by atomic mass is 16.4. The maximum atomic E-state index is 11.5. The third-order valence-corrected chi connectivity index (χ3v) is 2.24. The van der Waals surface area contributed by atoms with Gasteiger partial charge in [0.25, 0.3) is 0 Å². The number of nitrogens with two attached hydrogens (primary N) is 1. The Balaban J connectivity index is 2.51. The lowest BCUT2D eigenvalue weighted by Gasteiger charge is -2.11. The number of hydrogen-bond donors (Lipinski definition) is 3. The molecule has 1 aromatic rings. The van der Waals surface area contributed by atoms with Crippen molar-refractivity contribution >= 4 is 23.9 Å². The van der Waals surface area contributed by atoms with Gasteiger partial charge >= 0.3 is 5.97 Å². The van der Waals surface area contributed by atoms with Crippen molar-refractivity contribution in [3.05, 3.63) is 30.2 Å². The zero-order chi connectivity index (χ0) is 14.3. The Hall–Kier alpha value is -2.57. The summed E-state index contributed by atoms with van der Waals surface area (Å²) < 4.78 is 4.97. The van der Waals surface area contributed by atoms with E-state index in [-0.39, 0.29) is 12.8 Å². The predicted molar refractivity (Wildman–Crippen MR) is 65.7 cm³/mol. The van der Waals surface area contributed by atoms with Crippen molar-refractivity contribution in [2.24, 2.45) is 5.73 Å². The normalized spacial score (nSPS) is 12.2. The molecule has 1 atom stereocenters. The van der Waals surface area contributed by atoms with Gasteiger partial charge < -0.3 is 20.6 Å². The summed E-state index contributed by atoms with van der Waals surface area (Å²) in [6, 6.07) is 2.15. The molecule has 1 heterocycles. The Morgan fingerprint density at radius 2 is 2.21 bits per heavy atom. The number of carbonyl (C=O) groups is 3. The van der Waals surface area contributed by atoms with Gasteiger partial charge in [-0.1, -0.05) is 0 Å². The number of amides is 2. The molecule has 19 heavy (non-hydrogen) atoms. The molecule has 0 aliphatic rings. The van der Waals surface area contributed by atoms with Gasteiger partial charge in [-0.05, 0) is 24.6 Å². The molecule has 0 aliphatic carbocycles. The van der Waals surface area contributed by atoms with E-state index < -0.39 is 23.8 Å². The largest absolute Gasteiger partial charge is 0.480 e. The summed E-state index contributed by atoms with van der Waals surface area (Å²) in [4.78, 5) is 32.9. The molecule has 0 saturated carbocycles. The third kappa shape index (κ3) is 5.53. The predicted octanol–water partition coefficient (Wildman–Crippen LogP) is 0.128. The fourth-order valence-corrected chi connectivity index (χ4v) is 1.31. The van der Waals surface area contributed by atoms with Crippen LogP contribution in [0.25, 0.3) is 6.08 Å². The number of carbonyl (C=O) groups excluding carboxylic acids is 2. The SMILES string of the molecule is NC(=O)CC[C@H](NC(=O)/C=C/c1ccco1)C(=O)O. The van der Waals surface area contributed by atoms with Gasteiger partial charge in [-0.15, -0.1) is 0 Å². The second kappa shape index (κ2) is 7.00. The molecule has 0 spiro atoms. The topological polar surface area (TPSA) is 123 Å². The molecule has 4 N–H and O–H groups in total. The number of furan rings is 1. The van der Waals surface area contributed by atoms with E-state index in [0.717, 1.165) is 6.08 Å². The van der Waals surface area contributed by atoms with Gasteiger partial charge in [0.2, 0.25) is 11.8 Å². The van der Waals surface area contributed by atoms with Crippen molar-refractivity contribution in [3.8, 4) is 0 Å². The van der Waals surface area contributed by atoms with E-state index in [1.165, 1.54) is 12.3 Å². The van der Waals surface area contributed by atoms with E-state index >= 15 is 0 Å². The standard InChI is InChI=1S/C12H14N2O5/c13-10(15)5-4-9(12(17)18)14-11(16)6-3-8-2-1-7-19-8/h1-3,6-7,9H,4-5H2,(H2,13,15)(H,14,16)(H,17,18)/b6-3+/t9-/m0/s1. The highest BCUT2D eigenvalue weighted by molar-refractivity contribution is 5.94. The maximum Gasteiger partial charge on any atom is 0.326 e. The van der Waals surface area contributed by atoms with E-state index in [1.807, 2.05) is 0 Å². The molecular formula is C12H14N2O5. The molecule has 1 rings (SSSR count). The molecular weight excluding hydrogens is 252 g/mol. The van der Waals surface area contributed by atoms with E-state index in [9.17, 15) is 14.4 Å². The average molecular weight is 266 g/mol. The van der Waals surface area contributed by atoms with Crippen LogP contribution in [0.1, 0.15) is 18.6 Å². The molecule has 0 bridgehead atoms. The van der Waals surface area contributed by atoms with Crippen molar-refractivity contribution in [3.63, 3.8) is 0 Å². The molecule has 0 fully saturated rings. The van der Waals surface area contributed by atoms with E-state index in [2.05, 4.69) is 5.32 Å². The molecule has 0 radical (unpaired) electrons. The lowest BCUT2D eigenvalue weighted by Crippen LogP contribution is -2.40. The first-order valence-electron chi connectivity index (χ1n) is 5.52. The zero-order valence-corrected chi connectivity index (χ0v) is 10.0. The molecule has 1 aromatic heterocycles. The maximum absolute atomic E-state index is 11.5. The first-order chi connectivity index (χ1) is 8.99. The van der Waals surface area contributed by atoms with Crippen LogP contribution in [-0.4, -0.2) is 28.9 Å². The molecule has 0 saturated heterocycles. The summed E-state index contributed by atoms with van der Waals surface area (Å²) in [5.41, 5.74) is 4.92. The van der Waals surface area contributed by atoms with E-state index in [1.54, 1.807) is 12.1 Å². The van der Waals surface area contributed by atoms with Crippen molar-refractivity contribution in [2.45, 2.75) is 18.9 Å². The highest BCUT2D eigenvalue weighted by Crippen LogP contribution is 2.02. The van der Waals surface area contributed by atoms with Gasteiger partial charge in [0.1, 0.15) is 11.8 Å². The fraction of sp³-hybridized carbons (Fsp3) is 0.250. The van der Waals surface area contributed by atoms with Crippen molar-refractivity contribution < 1.29 is 23.9 Å². The Kier molecular flexibility index (Phi) is 5.34. The van der Waals surface area contributed by atoms with Crippen LogP contribution in [0.2, 0.25) is 0 Å². The van der Waals surface area contributed by atoms with Crippen LogP contribution in [-0.2, 0) is 14.4 Å². The van der Waals surface area contributed by atoms with Crippen molar-refractivity contribution in [1.29, 1.82) is 0 Å². The van der Waals surface area contributed by atoms with Gasteiger partial charge in [-0.3, -0.25) is 9.59 Å². The molecule has 0 aliphatic heterocycles. The van der Waals surface area contributed by atoms with Crippen molar-refractivity contribution in [2.75, 3.05) is 0 Å². The lowest BCUT2D eigenvalue weighted by molar-refractivity contribution is -0.141. The van der Waals surface area contributed by atoms with E-state index in [0.29, 0.717) is 5.76 Å². The smallest absolute Gasteiger partial charge is 0.326 e. The zero-order valence-electron chi connectivity index (χ0n) is 10.0. The fourth-order valence-electron chi connectivity index (χ4n) is 1.31. The minimum absolute atomic E-state index is 0.0506. The quantitative estimate of drug-likeness (QED) is 0.605. The van der Waals surface area contributed by atoms with Gasteiger partial charge in [-0.2, -0.15) is 0 Å². The van der Waals surface area contributed by atoms with Crippen LogP contribution >= 0.6 is 0 Å². The Bertz CT molecular complexity index is 478. The number of aliphatic carboxylic acids is 1. The van der Waals surface area contributed by atoms with Crippen LogP contribution in [0.3, 0.4) is 0 Å². The summed E-state index contributed by atoms with van der Waals surface area (Å²) in [5.74, 6) is -1.96. The van der Waals surface area contributed by atoms with Crippen LogP contribution in [0, 0.1) is 0 Å². The molecule has 7 nitrogen and oxygen atoms in total. The number of rotatable bonds is 7. The number of hydrogen-bond acceptors (Lipinski definition) is 4. The molecule has 0 aromatic carbocycles. The first kappa shape index (κ1) is 14.5. The van der Waals surface area contributed by atoms with E-state index in [4.69, 9.17) is 15.3 Å². The number of carboxylic acids is 1. The first-order valence-corrected chi connectivity index (χ1v) is 5.52. The third-order valence-electron chi connectivity index (χ3n) is 2.24. The van der Waals surface area contributed by atoms with Gasteiger partial charge in [0.05, 0.1) is 6.26 Å². The Labute approximate surface area is 109 Å². The second-order valence-corrected chi connectivity index (χ2v) is 3.75. The molecule has 7 heteroatoms. The Morgan fingerprint density at radius 1 is 1.47 bits per heavy atom. The molecule has 102 valence electrons. The van der Waals surface area contributed by atoms with Crippen LogP contribution in [0.15, 0.2) is 28.9 Å². The van der Waals surface area contributed by atoms with Gasteiger partial charge in [0.15, 0.2) is 0 Å². The summed E-state index contributed by atoms with van der Waals surface area (Å²) in [5, 5.41) is 11.1. The Morgan fingerprint density at radius 3 is 2.74 bits per heavy atom. The lowest BCUT2D eigenvalue weighted by atomic mass is 10.1. The van der Waals surface area contributed by atoms with Gasteiger partial charge in [-0.25, -0.2) is 4.79 Å². The van der Waals surface area contributed by atoms with Crippen molar-refractivity contribution in [1.82, 2.24) is 5.32 Å². The van der Waals surface area contributed by atoms with Gasteiger partial charge in [0, 0.05) is 12.5 Å². The minimum Gasteiger partial charge on any atom is -0.480 e. The number of nitrogens with one attached hydrogen (secondary N) is 1. The second-order valence-electron chi connectivity index (χ2n) is 3.75. The molecule has 0 unspecified atom stereocenters. The summed E-state index contributed by atoms with van der Waals surface area (Å²) in [6.07, 6.45) is 3.84. The average Bonchev–Trinajstić information content (AvgIpc) is 2.84. The van der Waals surface area contributed by atoms with Crippen LogP contribution in [0.4, 0.5) is 0 Å². The highest BCUT2D eigenvalue weighted by Gasteiger charge is 2.19. The monoisotopic (exact) mass is 266 g/mol. The summed E-state index contributed by atoms with van der Waals surface area (Å²) in [7, 11) is 0. The number of primary amides is 1. The van der Waals surface area contributed by atoms with Crippen LogP contribution < -0.4 is 11.1 Å². The minimum atomic E-state index is -1.22. The summed E-state index contributed by atoms with van der Waals surface area (Å²) in [6.45, 7) is 0. The number of carboxylic acid groups (broad SMARTS) is 1.